The van der Waals surface area contributed by atoms with Crippen LogP contribution < -0.4 is 0 Å². The molecule has 0 aliphatic heterocycles. The fourth-order valence-corrected chi connectivity index (χ4v) is 12.3. The van der Waals surface area contributed by atoms with Crippen LogP contribution >= 0.6 is 0 Å². The molecule has 0 amide bonds. The second-order valence-corrected chi connectivity index (χ2v) is 16.0. The number of rotatable bonds is 4. The molecule has 0 spiro atoms. The van der Waals surface area contributed by atoms with E-state index in [1.165, 1.54) is 99.1 Å². The van der Waals surface area contributed by atoms with E-state index in [9.17, 15) is 0 Å². The summed E-state index contributed by atoms with van der Waals surface area (Å²) < 4.78 is 25.8. The van der Waals surface area contributed by atoms with E-state index >= 15 is 0 Å². The van der Waals surface area contributed by atoms with Crippen molar-refractivity contribution >= 4 is 32.3 Å². The topological polar surface area (TPSA) is 36.9 Å². The van der Waals surface area contributed by atoms with Gasteiger partial charge in [0.2, 0.25) is 0 Å². The van der Waals surface area contributed by atoms with Gasteiger partial charge in [-0.2, -0.15) is 0 Å². The van der Waals surface area contributed by atoms with Crippen LogP contribution in [0.5, 0.6) is 0 Å². The summed E-state index contributed by atoms with van der Waals surface area (Å²) in [6.07, 6.45) is 3.73. The maximum Gasteiger partial charge on any atom is 0.188 e. The molecule has 6 aliphatic rings. The Morgan fingerprint density at radius 3 is 1.02 bits per heavy atom. The van der Waals surface area contributed by atoms with Gasteiger partial charge in [0.05, 0.1) is 23.7 Å². The van der Waals surface area contributed by atoms with Crippen molar-refractivity contribution in [3.8, 4) is 0 Å². The zero-order chi connectivity index (χ0) is 34.7. The van der Waals surface area contributed by atoms with E-state index in [1.807, 2.05) is 28.4 Å². The van der Waals surface area contributed by atoms with Gasteiger partial charge in [-0.1, -0.05) is 119 Å². The predicted molar refractivity (Wildman–Crippen MR) is 205 cm³/mol. The average Bonchev–Trinajstić information content (AvgIpc) is 3.84. The van der Waals surface area contributed by atoms with E-state index in [-0.39, 0.29) is 23.7 Å². The van der Waals surface area contributed by atoms with Gasteiger partial charge in [0.15, 0.2) is 11.6 Å². The van der Waals surface area contributed by atoms with Crippen molar-refractivity contribution < 1.29 is 18.9 Å². The Balaban J connectivity index is 0.969. The molecule has 6 aromatic carbocycles. The predicted octanol–water partition coefficient (Wildman–Crippen LogP) is 9.70. The Hall–Kier alpha value is -4.58. The first-order valence-corrected chi connectivity index (χ1v) is 18.8. The number of hydrogen-bond donors (Lipinski definition) is 0. The molecule has 6 aromatic rings. The maximum atomic E-state index is 6.46. The van der Waals surface area contributed by atoms with E-state index in [4.69, 9.17) is 18.9 Å². The third kappa shape index (κ3) is 3.36. The van der Waals surface area contributed by atoms with E-state index in [1.54, 1.807) is 0 Å². The van der Waals surface area contributed by atoms with E-state index in [2.05, 4.69) is 97.1 Å². The summed E-state index contributed by atoms with van der Waals surface area (Å²) in [5.74, 6) is -1.06. The molecule has 6 aliphatic carbocycles. The third-order valence-electron chi connectivity index (χ3n) is 14.4. The van der Waals surface area contributed by atoms with Gasteiger partial charge in [-0.3, -0.25) is 0 Å². The van der Waals surface area contributed by atoms with Crippen LogP contribution in [0, 0.1) is 0 Å². The minimum atomic E-state index is -0.705. The molecule has 4 atom stereocenters. The van der Waals surface area contributed by atoms with Crippen LogP contribution in [0.25, 0.3) is 32.3 Å². The first-order valence-electron chi connectivity index (χ1n) is 18.8. The molecule has 0 heterocycles. The summed E-state index contributed by atoms with van der Waals surface area (Å²) in [4.78, 5) is 0. The van der Waals surface area contributed by atoms with Crippen LogP contribution in [0.1, 0.15) is 68.2 Å². The lowest BCUT2D eigenvalue weighted by molar-refractivity contribution is -0.212. The molecular formula is C48H40O4. The second-order valence-electron chi connectivity index (χ2n) is 16.0. The monoisotopic (exact) mass is 680 g/mol. The van der Waals surface area contributed by atoms with Gasteiger partial charge in [0, 0.05) is 28.4 Å². The van der Waals surface area contributed by atoms with Gasteiger partial charge in [-0.15, -0.1) is 0 Å². The first-order chi connectivity index (χ1) is 25.5. The molecule has 4 heteroatoms. The van der Waals surface area contributed by atoms with E-state index in [0.717, 1.165) is 25.7 Å². The lowest BCUT2D eigenvalue weighted by atomic mass is 9.73. The highest BCUT2D eigenvalue weighted by Gasteiger charge is 2.64. The normalized spacial score (nSPS) is 25.1. The summed E-state index contributed by atoms with van der Waals surface area (Å²) in [6.45, 7) is 0. The highest BCUT2D eigenvalue weighted by molar-refractivity contribution is 5.93. The highest BCUT2D eigenvalue weighted by Crippen LogP contribution is 2.68. The van der Waals surface area contributed by atoms with Crippen molar-refractivity contribution in [3.63, 3.8) is 0 Å². The van der Waals surface area contributed by atoms with Gasteiger partial charge >= 0.3 is 0 Å². The summed E-state index contributed by atoms with van der Waals surface area (Å²) >= 11 is 0. The van der Waals surface area contributed by atoms with Crippen LogP contribution in [0.15, 0.2) is 119 Å². The van der Waals surface area contributed by atoms with E-state index < -0.39 is 11.6 Å². The van der Waals surface area contributed by atoms with Crippen LogP contribution in [0.2, 0.25) is 0 Å². The Bertz CT molecular complexity index is 2490. The average molecular weight is 681 g/mol. The number of ether oxygens (including phenoxy) is 4. The molecule has 0 saturated heterocycles. The van der Waals surface area contributed by atoms with Crippen LogP contribution in [-0.2, 0) is 44.6 Å². The number of hydrogen-bond acceptors (Lipinski definition) is 4. The minimum absolute atomic E-state index is 0.0808. The molecule has 4 unspecified atom stereocenters. The minimum Gasteiger partial charge on any atom is -0.351 e. The molecule has 4 bridgehead atoms. The third-order valence-corrected chi connectivity index (χ3v) is 14.4. The first kappa shape index (κ1) is 29.9. The Morgan fingerprint density at radius 1 is 0.404 bits per heavy atom. The molecule has 0 N–H and O–H groups in total. The quantitative estimate of drug-likeness (QED) is 0.137. The van der Waals surface area contributed by atoms with Crippen molar-refractivity contribution in [3.05, 3.63) is 164 Å². The van der Waals surface area contributed by atoms with Crippen molar-refractivity contribution in [2.75, 3.05) is 28.4 Å². The highest BCUT2D eigenvalue weighted by atomic mass is 16.7. The van der Waals surface area contributed by atoms with Crippen LogP contribution in [0.4, 0.5) is 0 Å². The van der Waals surface area contributed by atoms with Crippen molar-refractivity contribution in [1.29, 1.82) is 0 Å². The summed E-state index contributed by atoms with van der Waals surface area (Å²) in [5, 5.41) is 7.91. The molecule has 0 saturated carbocycles. The fraction of sp³-hybridized carbons (Fsp3) is 0.292. The van der Waals surface area contributed by atoms with Gasteiger partial charge < -0.3 is 18.9 Å². The SMILES string of the molecule is COC1(OC)C2C3=C(Cc4c(ccc5c6c(ccc45)CC4=C(C6)C5c6cc7ccccc7cc6C4C5(OC)OC)C3)C1c1cc3ccccc3cc12. The van der Waals surface area contributed by atoms with Gasteiger partial charge in [0.25, 0.3) is 0 Å². The largest absolute Gasteiger partial charge is 0.351 e. The number of benzene rings is 6. The molecule has 4 nitrogen and oxygen atoms in total. The second kappa shape index (κ2) is 10.1. The fourth-order valence-electron chi connectivity index (χ4n) is 12.3. The zero-order valence-corrected chi connectivity index (χ0v) is 30.0. The van der Waals surface area contributed by atoms with Gasteiger partial charge in [-0.05, 0) is 103 Å². The van der Waals surface area contributed by atoms with Gasteiger partial charge in [0.1, 0.15) is 0 Å². The lowest BCUT2D eigenvalue weighted by Crippen LogP contribution is -2.38. The Kier molecular flexibility index (Phi) is 5.81. The molecule has 256 valence electrons. The van der Waals surface area contributed by atoms with Crippen molar-refractivity contribution in [2.45, 2.75) is 60.9 Å². The number of fused-ring (bicyclic) bond motifs is 21. The van der Waals surface area contributed by atoms with Crippen LogP contribution in [-0.4, -0.2) is 40.0 Å². The molecule has 12 rings (SSSR count). The number of methoxy groups -OCH3 is 4. The molecule has 0 radical (unpaired) electrons. The summed E-state index contributed by atoms with van der Waals surface area (Å²) in [5.41, 5.74) is 17.3. The van der Waals surface area contributed by atoms with Crippen molar-refractivity contribution in [2.24, 2.45) is 0 Å². The maximum absolute atomic E-state index is 6.46. The summed E-state index contributed by atoms with van der Waals surface area (Å²) in [6, 6.07) is 36.8. The Labute approximate surface area is 303 Å². The molecule has 0 aromatic heterocycles. The molecule has 52 heavy (non-hydrogen) atoms. The van der Waals surface area contributed by atoms with E-state index in [0.29, 0.717) is 0 Å². The van der Waals surface area contributed by atoms with Crippen LogP contribution in [0.3, 0.4) is 0 Å². The smallest absolute Gasteiger partial charge is 0.188 e. The zero-order valence-electron chi connectivity index (χ0n) is 30.0. The summed E-state index contributed by atoms with van der Waals surface area (Å²) in [7, 11) is 7.35. The lowest BCUT2D eigenvalue weighted by Gasteiger charge is -2.33. The Morgan fingerprint density at radius 2 is 0.712 bits per heavy atom. The molecule has 0 fully saturated rings. The molecular weight excluding hydrogens is 641 g/mol. The van der Waals surface area contributed by atoms with Gasteiger partial charge in [-0.25, -0.2) is 0 Å². The van der Waals surface area contributed by atoms with Crippen molar-refractivity contribution in [1.82, 2.24) is 0 Å². The standard InChI is InChI=1S/C48H40O4/c1-49-47(50-2)43-35-17-25-9-5-7-11-27(25)19-37(35)45(47)41-23-33-29(21-39(41)43)13-15-32-31(33)16-14-30-22-40-42(24-34(30)32)46-38-20-28-12-8-6-10-26(28)18-36(38)44(40)48(46,51-3)52-4/h5-20,43-46H,21-24H2,1-4H3.